The largest absolute Gasteiger partial charge is 0.480 e. The third-order valence-corrected chi connectivity index (χ3v) is 5.63. The molecule has 0 spiro atoms. The molecular weight excluding hydrogens is 396 g/mol. The molecule has 1 fully saturated rings. The van der Waals surface area contributed by atoms with Crippen LogP contribution in [0.1, 0.15) is 29.9 Å². The first-order chi connectivity index (χ1) is 15.0. The predicted octanol–water partition coefficient (Wildman–Crippen LogP) is 3.06. The number of alkyl carbamates (subject to hydrolysis) is 1. The van der Waals surface area contributed by atoms with E-state index in [1.807, 2.05) is 24.3 Å². The fourth-order valence-electron chi connectivity index (χ4n) is 3.97. The van der Waals surface area contributed by atoms with E-state index >= 15 is 0 Å². The summed E-state index contributed by atoms with van der Waals surface area (Å²) in [6, 6.07) is 15.3. The van der Waals surface area contributed by atoms with Crippen LogP contribution in [0.4, 0.5) is 4.79 Å². The Bertz CT molecular complexity index is 983. The second-order valence-corrected chi connectivity index (χ2v) is 7.77. The number of carbonyl (C=O) groups is 3. The number of benzene rings is 2. The van der Waals surface area contributed by atoms with Gasteiger partial charge in [0, 0.05) is 18.5 Å². The SMILES string of the molecule is O=C(/C=C/CNC(=O)OCC1c2ccccc2-c2ccccc21)NC(C(=O)O)C1CC1. The predicted molar refractivity (Wildman–Crippen MR) is 115 cm³/mol. The van der Waals surface area contributed by atoms with Crippen LogP contribution in [0.2, 0.25) is 0 Å². The van der Waals surface area contributed by atoms with Crippen molar-refractivity contribution in [1.29, 1.82) is 0 Å². The second kappa shape index (κ2) is 9.04. The van der Waals surface area contributed by atoms with E-state index in [-0.39, 0.29) is 25.0 Å². The van der Waals surface area contributed by atoms with Crippen LogP contribution in [0.25, 0.3) is 11.1 Å². The molecule has 3 N–H and O–H groups in total. The lowest BCUT2D eigenvalue weighted by Gasteiger charge is -2.14. The van der Waals surface area contributed by atoms with Crippen LogP contribution in [0, 0.1) is 5.92 Å². The van der Waals surface area contributed by atoms with Gasteiger partial charge in [-0.05, 0) is 41.0 Å². The fourth-order valence-corrected chi connectivity index (χ4v) is 3.97. The molecule has 7 nitrogen and oxygen atoms in total. The van der Waals surface area contributed by atoms with E-state index in [1.54, 1.807) is 0 Å². The van der Waals surface area contributed by atoms with Crippen molar-refractivity contribution in [3.8, 4) is 11.1 Å². The summed E-state index contributed by atoms with van der Waals surface area (Å²) < 4.78 is 5.42. The Kier molecular flexibility index (Phi) is 6.02. The first-order valence-corrected chi connectivity index (χ1v) is 10.3. The van der Waals surface area contributed by atoms with E-state index in [4.69, 9.17) is 9.84 Å². The Morgan fingerprint density at radius 2 is 1.65 bits per heavy atom. The van der Waals surface area contributed by atoms with Gasteiger partial charge < -0.3 is 20.5 Å². The smallest absolute Gasteiger partial charge is 0.407 e. The van der Waals surface area contributed by atoms with Crippen molar-refractivity contribution in [2.24, 2.45) is 5.92 Å². The van der Waals surface area contributed by atoms with Crippen LogP contribution >= 0.6 is 0 Å². The maximum absolute atomic E-state index is 12.1. The molecule has 4 rings (SSSR count). The van der Waals surface area contributed by atoms with Gasteiger partial charge in [-0.25, -0.2) is 9.59 Å². The molecule has 2 aliphatic rings. The number of fused-ring (bicyclic) bond motifs is 3. The summed E-state index contributed by atoms with van der Waals surface area (Å²) in [6.07, 6.45) is 3.73. The molecule has 2 aromatic rings. The number of carboxylic acids is 1. The maximum Gasteiger partial charge on any atom is 0.407 e. The van der Waals surface area contributed by atoms with Crippen molar-refractivity contribution in [2.45, 2.75) is 24.8 Å². The van der Waals surface area contributed by atoms with Crippen molar-refractivity contribution in [3.63, 3.8) is 0 Å². The van der Waals surface area contributed by atoms with Gasteiger partial charge >= 0.3 is 12.1 Å². The molecule has 1 unspecified atom stereocenters. The van der Waals surface area contributed by atoms with Crippen LogP contribution in [0.5, 0.6) is 0 Å². The average molecular weight is 420 g/mol. The van der Waals surface area contributed by atoms with Gasteiger partial charge in [-0.1, -0.05) is 54.6 Å². The van der Waals surface area contributed by atoms with Gasteiger partial charge in [-0.15, -0.1) is 0 Å². The highest BCUT2D eigenvalue weighted by atomic mass is 16.5. The lowest BCUT2D eigenvalue weighted by atomic mass is 9.98. The fraction of sp³-hybridized carbons (Fsp3) is 0.292. The van der Waals surface area contributed by atoms with Gasteiger partial charge in [0.2, 0.25) is 5.91 Å². The van der Waals surface area contributed by atoms with Crippen molar-refractivity contribution in [3.05, 3.63) is 71.8 Å². The normalized spacial score (nSPS) is 15.7. The number of amides is 2. The number of carbonyl (C=O) groups excluding carboxylic acids is 2. The van der Waals surface area contributed by atoms with Gasteiger partial charge in [0.15, 0.2) is 0 Å². The molecule has 0 heterocycles. The molecule has 2 aliphatic carbocycles. The molecular formula is C24H24N2O5. The summed E-state index contributed by atoms with van der Waals surface area (Å²) in [5.41, 5.74) is 4.59. The number of nitrogens with one attached hydrogen (secondary N) is 2. The lowest BCUT2D eigenvalue weighted by molar-refractivity contribution is -0.141. The van der Waals surface area contributed by atoms with Gasteiger partial charge in [0.25, 0.3) is 0 Å². The number of carboxylic acid groups (broad SMARTS) is 1. The lowest BCUT2D eigenvalue weighted by Crippen LogP contribution is -2.41. The van der Waals surface area contributed by atoms with Crippen LogP contribution in [0.3, 0.4) is 0 Å². The highest BCUT2D eigenvalue weighted by molar-refractivity contribution is 5.91. The number of hydrogen-bond donors (Lipinski definition) is 3. The Morgan fingerprint density at radius 1 is 1.03 bits per heavy atom. The molecule has 1 saturated carbocycles. The van der Waals surface area contributed by atoms with Gasteiger partial charge in [0.1, 0.15) is 12.6 Å². The Morgan fingerprint density at radius 3 is 2.23 bits per heavy atom. The maximum atomic E-state index is 12.1. The van der Waals surface area contributed by atoms with Crippen LogP contribution in [-0.2, 0) is 14.3 Å². The molecule has 2 aromatic carbocycles. The molecule has 7 heteroatoms. The number of ether oxygens (including phenoxy) is 1. The summed E-state index contributed by atoms with van der Waals surface area (Å²) in [7, 11) is 0. The number of hydrogen-bond acceptors (Lipinski definition) is 4. The van der Waals surface area contributed by atoms with Crippen molar-refractivity contribution >= 4 is 18.0 Å². The van der Waals surface area contributed by atoms with Crippen LogP contribution in [0.15, 0.2) is 60.7 Å². The summed E-state index contributed by atoms with van der Waals surface area (Å²) in [4.78, 5) is 35.1. The van der Waals surface area contributed by atoms with E-state index in [0.29, 0.717) is 0 Å². The van der Waals surface area contributed by atoms with Gasteiger partial charge in [0.05, 0.1) is 0 Å². The Hall–Kier alpha value is -3.61. The second-order valence-electron chi connectivity index (χ2n) is 7.77. The molecule has 1 atom stereocenters. The first-order valence-electron chi connectivity index (χ1n) is 10.3. The Balaban J connectivity index is 1.25. The minimum atomic E-state index is -1.03. The quantitative estimate of drug-likeness (QED) is 0.570. The molecule has 2 amide bonds. The summed E-state index contributed by atoms with van der Waals surface area (Å²) in [5, 5.41) is 14.2. The molecule has 0 aromatic heterocycles. The van der Waals surface area contributed by atoms with E-state index in [2.05, 4.69) is 34.9 Å². The highest BCUT2D eigenvalue weighted by Crippen LogP contribution is 2.44. The topological polar surface area (TPSA) is 105 Å². The van der Waals surface area contributed by atoms with E-state index in [1.165, 1.54) is 12.2 Å². The standard InChI is InChI=1S/C24H24N2O5/c27-21(26-22(23(28)29)15-11-12-15)10-5-13-25-24(30)31-14-20-18-8-3-1-6-16(18)17-7-2-4-9-19(17)20/h1-10,15,20,22H,11-14H2,(H,25,30)(H,26,27)(H,28,29)/b10-5+. The zero-order valence-electron chi connectivity index (χ0n) is 16.9. The molecule has 0 saturated heterocycles. The third-order valence-electron chi connectivity index (χ3n) is 5.63. The molecule has 160 valence electrons. The van der Waals surface area contributed by atoms with E-state index < -0.39 is 24.0 Å². The number of rotatable bonds is 8. The highest BCUT2D eigenvalue weighted by Gasteiger charge is 2.36. The first kappa shape index (κ1) is 20.7. The summed E-state index contributed by atoms with van der Waals surface area (Å²) in [5.74, 6) is -1.53. The zero-order chi connectivity index (χ0) is 21.8. The molecule has 0 radical (unpaired) electrons. The molecule has 31 heavy (non-hydrogen) atoms. The Labute approximate surface area is 180 Å². The van der Waals surface area contributed by atoms with Gasteiger partial charge in [-0.3, -0.25) is 4.79 Å². The minimum absolute atomic E-state index is 0.00815. The third kappa shape index (κ3) is 4.77. The summed E-state index contributed by atoms with van der Waals surface area (Å²) >= 11 is 0. The number of aliphatic carboxylic acids is 1. The zero-order valence-corrected chi connectivity index (χ0v) is 16.9. The molecule has 0 aliphatic heterocycles. The molecule has 0 bridgehead atoms. The average Bonchev–Trinajstić information content (AvgIpc) is 3.56. The van der Waals surface area contributed by atoms with Crippen molar-refractivity contribution in [1.82, 2.24) is 10.6 Å². The van der Waals surface area contributed by atoms with Crippen molar-refractivity contribution < 1.29 is 24.2 Å². The minimum Gasteiger partial charge on any atom is -0.480 e. The van der Waals surface area contributed by atoms with Crippen LogP contribution < -0.4 is 10.6 Å². The monoisotopic (exact) mass is 420 g/mol. The van der Waals surface area contributed by atoms with E-state index in [0.717, 1.165) is 35.1 Å². The van der Waals surface area contributed by atoms with Crippen molar-refractivity contribution in [2.75, 3.05) is 13.2 Å². The summed E-state index contributed by atoms with van der Waals surface area (Å²) in [6.45, 7) is 0.316. The van der Waals surface area contributed by atoms with E-state index in [9.17, 15) is 14.4 Å². The van der Waals surface area contributed by atoms with Gasteiger partial charge in [-0.2, -0.15) is 0 Å². The van der Waals surface area contributed by atoms with Crippen LogP contribution in [-0.4, -0.2) is 42.3 Å².